The van der Waals surface area contributed by atoms with E-state index in [1.807, 2.05) is 42.8 Å². The van der Waals surface area contributed by atoms with Crippen LogP contribution >= 0.6 is 11.8 Å². The number of hydrogen-bond acceptors (Lipinski definition) is 5. The van der Waals surface area contributed by atoms with E-state index in [1.54, 1.807) is 31.2 Å². The van der Waals surface area contributed by atoms with Gasteiger partial charge >= 0.3 is 0 Å². The zero-order chi connectivity index (χ0) is 20.3. The highest BCUT2D eigenvalue weighted by Crippen LogP contribution is 2.26. The lowest BCUT2D eigenvalue weighted by Gasteiger charge is -2.12. The van der Waals surface area contributed by atoms with Gasteiger partial charge in [0.25, 0.3) is 0 Å². The highest BCUT2D eigenvalue weighted by atomic mass is 32.2. The summed E-state index contributed by atoms with van der Waals surface area (Å²) in [5.41, 5.74) is 8.36. The number of benzene rings is 2. The molecule has 0 fully saturated rings. The van der Waals surface area contributed by atoms with E-state index in [9.17, 15) is 9.59 Å². The molecule has 144 valence electrons. The number of hydrogen-bond donors (Lipinski definition) is 2. The number of primary amides is 1. The molecule has 1 atom stereocenters. The number of anilines is 1. The molecule has 3 rings (SSSR count). The van der Waals surface area contributed by atoms with Gasteiger partial charge < -0.3 is 15.6 Å². The van der Waals surface area contributed by atoms with Gasteiger partial charge in [0.2, 0.25) is 11.8 Å². The Morgan fingerprint density at radius 1 is 1.07 bits per heavy atom. The van der Waals surface area contributed by atoms with E-state index in [4.69, 9.17) is 5.73 Å². The van der Waals surface area contributed by atoms with Crippen LogP contribution in [0.15, 0.2) is 53.7 Å². The number of nitrogens with two attached hydrogens (primary N) is 1. The van der Waals surface area contributed by atoms with Crippen molar-refractivity contribution >= 4 is 29.3 Å². The molecule has 1 heterocycles. The van der Waals surface area contributed by atoms with Crippen molar-refractivity contribution in [1.29, 1.82) is 0 Å². The largest absolute Gasteiger partial charge is 0.366 e. The van der Waals surface area contributed by atoms with Crippen LogP contribution in [-0.2, 0) is 11.8 Å². The maximum atomic E-state index is 12.5. The van der Waals surface area contributed by atoms with Gasteiger partial charge in [-0.1, -0.05) is 41.6 Å². The number of rotatable bonds is 6. The van der Waals surface area contributed by atoms with Gasteiger partial charge in [-0.3, -0.25) is 9.59 Å². The first-order valence-corrected chi connectivity index (χ1v) is 9.57. The zero-order valence-electron chi connectivity index (χ0n) is 15.8. The average Bonchev–Trinajstić information content (AvgIpc) is 3.03. The lowest BCUT2D eigenvalue weighted by Crippen LogP contribution is -2.23. The Bertz CT molecular complexity index is 996. The third-order valence-corrected chi connectivity index (χ3v) is 5.37. The zero-order valence-corrected chi connectivity index (χ0v) is 16.7. The molecule has 0 aliphatic carbocycles. The Hall–Kier alpha value is -3.13. The normalized spacial score (nSPS) is 11.8. The number of thioether (sulfide) groups is 1. The van der Waals surface area contributed by atoms with Gasteiger partial charge in [-0.15, -0.1) is 10.2 Å². The van der Waals surface area contributed by atoms with Crippen LogP contribution in [0.3, 0.4) is 0 Å². The summed E-state index contributed by atoms with van der Waals surface area (Å²) >= 11 is 1.33. The van der Waals surface area contributed by atoms with Crippen LogP contribution < -0.4 is 11.1 Å². The molecule has 0 bridgehead atoms. The molecule has 3 N–H and O–H groups in total. The summed E-state index contributed by atoms with van der Waals surface area (Å²) in [6, 6.07) is 14.5. The molecule has 1 unspecified atom stereocenters. The lowest BCUT2D eigenvalue weighted by molar-refractivity contribution is -0.115. The van der Waals surface area contributed by atoms with Crippen molar-refractivity contribution < 1.29 is 9.59 Å². The predicted octanol–water partition coefficient (Wildman–Crippen LogP) is 3.01. The average molecular weight is 395 g/mol. The molecule has 2 amide bonds. The number of carbonyl (C=O) groups excluding carboxylic acids is 2. The highest BCUT2D eigenvalue weighted by molar-refractivity contribution is 8.00. The summed E-state index contributed by atoms with van der Waals surface area (Å²) in [6.07, 6.45) is 0. The second-order valence-electron chi connectivity index (χ2n) is 6.42. The Morgan fingerprint density at radius 3 is 2.32 bits per heavy atom. The van der Waals surface area contributed by atoms with Crippen LogP contribution in [0.5, 0.6) is 0 Å². The summed E-state index contributed by atoms with van der Waals surface area (Å²) in [7, 11) is 1.88. The first-order chi connectivity index (χ1) is 13.3. The number of carbonyl (C=O) groups is 2. The Balaban J connectivity index is 1.67. The van der Waals surface area contributed by atoms with Crippen molar-refractivity contribution in [2.24, 2.45) is 12.8 Å². The molecule has 0 aliphatic rings. The summed E-state index contributed by atoms with van der Waals surface area (Å²) in [4.78, 5) is 23.6. The van der Waals surface area contributed by atoms with Crippen molar-refractivity contribution in [2.75, 3.05) is 5.32 Å². The second kappa shape index (κ2) is 8.26. The molecule has 1 aromatic heterocycles. The third kappa shape index (κ3) is 4.40. The smallest absolute Gasteiger partial charge is 0.248 e. The number of nitrogens with one attached hydrogen (secondary N) is 1. The number of amides is 2. The number of aryl methyl sites for hydroxylation is 1. The van der Waals surface area contributed by atoms with E-state index in [-0.39, 0.29) is 11.2 Å². The van der Waals surface area contributed by atoms with Gasteiger partial charge in [0.1, 0.15) is 0 Å². The highest BCUT2D eigenvalue weighted by Gasteiger charge is 2.19. The SMILES string of the molecule is Cc1ccc(-c2nnc(SC(C)C(=O)Nc3ccc(C(N)=O)cc3)n2C)cc1. The first kappa shape index (κ1) is 19.6. The minimum atomic E-state index is -0.506. The standard InChI is InChI=1S/C20H21N5O2S/c1-12-4-6-15(7-5-12)18-23-24-20(25(18)3)28-13(2)19(27)22-16-10-8-14(9-11-16)17(21)26/h4-11,13H,1-3H3,(H2,21,26)(H,22,27). The van der Waals surface area contributed by atoms with Crippen molar-refractivity contribution in [3.05, 3.63) is 59.7 Å². The lowest BCUT2D eigenvalue weighted by atomic mass is 10.1. The van der Waals surface area contributed by atoms with E-state index in [0.717, 1.165) is 11.4 Å². The van der Waals surface area contributed by atoms with Crippen LogP contribution in [0.25, 0.3) is 11.4 Å². The number of aromatic nitrogens is 3. The van der Waals surface area contributed by atoms with Gasteiger partial charge in [0.05, 0.1) is 5.25 Å². The van der Waals surface area contributed by atoms with E-state index in [2.05, 4.69) is 15.5 Å². The Morgan fingerprint density at radius 2 is 1.71 bits per heavy atom. The minimum absolute atomic E-state index is 0.170. The van der Waals surface area contributed by atoms with Crippen LogP contribution in [0, 0.1) is 6.92 Å². The van der Waals surface area contributed by atoms with Gasteiger partial charge in [-0.05, 0) is 38.1 Å². The fourth-order valence-corrected chi connectivity index (χ4v) is 3.36. The van der Waals surface area contributed by atoms with Gasteiger partial charge in [-0.2, -0.15) is 0 Å². The number of nitrogens with zero attached hydrogens (tertiary/aromatic N) is 3. The van der Waals surface area contributed by atoms with E-state index in [0.29, 0.717) is 16.4 Å². The topological polar surface area (TPSA) is 103 Å². The van der Waals surface area contributed by atoms with Gasteiger partial charge in [0.15, 0.2) is 11.0 Å². The molecule has 2 aromatic carbocycles. The van der Waals surface area contributed by atoms with Crippen molar-refractivity contribution in [3.63, 3.8) is 0 Å². The van der Waals surface area contributed by atoms with E-state index < -0.39 is 5.91 Å². The fourth-order valence-electron chi connectivity index (χ4n) is 2.54. The monoisotopic (exact) mass is 395 g/mol. The first-order valence-electron chi connectivity index (χ1n) is 8.69. The summed E-state index contributed by atoms with van der Waals surface area (Å²) in [5, 5.41) is 11.6. The molecular weight excluding hydrogens is 374 g/mol. The van der Waals surface area contributed by atoms with Gasteiger partial charge in [-0.25, -0.2) is 0 Å². The van der Waals surface area contributed by atoms with Crippen LogP contribution in [0.2, 0.25) is 0 Å². The summed E-state index contributed by atoms with van der Waals surface area (Å²) in [6.45, 7) is 3.83. The molecule has 0 radical (unpaired) electrons. The van der Waals surface area contributed by atoms with E-state index in [1.165, 1.54) is 17.3 Å². The van der Waals surface area contributed by atoms with Crippen molar-refractivity contribution in [1.82, 2.24) is 14.8 Å². The Labute approximate surface area is 167 Å². The fraction of sp³-hybridized carbons (Fsp3) is 0.200. The quantitative estimate of drug-likeness (QED) is 0.625. The second-order valence-corrected chi connectivity index (χ2v) is 7.73. The molecule has 0 aliphatic heterocycles. The maximum absolute atomic E-state index is 12.5. The molecule has 7 nitrogen and oxygen atoms in total. The minimum Gasteiger partial charge on any atom is -0.366 e. The van der Waals surface area contributed by atoms with Crippen LogP contribution in [0.4, 0.5) is 5.69 Å². The molecular formula is C20H21N5O2S. The maximum Gasteiger partial charge on any atom is 0.248 e. The molecule has 28 heavy (non-hydrogen) atoms. The third-order valence-electron chi connectivity index (χ3n) is 4.23. The Kier molecular flexibility index (Phi) is 5.79. The molecule has 8 heteroatoms. The van der Waals surface area contributed by atoms with E-state index >= 15 is 0 Å². The molecule has 0 saturated heterocycles. The molecule has 3 aromatic rings. The van der Waals surface area contributed by atoms with Crippen LogP contribution in [-0.4, -0.2) is 31.8 Å². The van der Waals surface area contributed by atoms with Gasteiger partial charge in [0, 0.05) is 23.9 Å². The summed E-state index contributed by atoms with van der Waals surface area (Å²) in [5.74, 6) is 0.0716. The van der Waals surface area contributed by atoms with Crippen LogP contribution in [0.1, 0.15) is 22.8 Å². The van der Waals surface area contributed by atoms with Crippen molar-refractivity contribution in [3.8, 4) is 11.4 Å². The predicted molar refractivity (Wildman–Crippen MR) is 110 cm³/mol. The molecule has 0 spiro atoms. The molecule has 0 saturated carbocycles. The summed E-state index contributed by atoms with van der Waals surface area (Å²) < 4.78 is 1.88. The van der Waals surface area contributed by atoms with Crippen molar-refractivity contribution in [2.45, 2.75) is 24.3 Å².